The van der Waals surface area contributed by atoms with Gasteiger partial charge in [-0.15, -0.1) is 0 Å². The van der Waals surface area contributed by atoms with E-state index in [0.717, 1.165) is 38.2 Å². The molecule has 4 nitrogen and oxygen atoms in total. The summed E-state index contributed by atoms with van der Waals surface area (Å²) in [6.07, 6.45) is 1.86. The van der Waals surface area contributed by atoms with Crippen molar-refractivity contribution in [1.29, 1.82) is 0 Å². The second kappa shape index (κ2) is 7.59. The molecule has 0 bridgehead atoms. The number of rotatable bonds is 5. The molecule has 2 fully saturated rings. The molecule has 0 N–H and O–H groups in total. The van der Waals surface area contributed by atoms with Crippen LogP contribution in [0.4, 0.5) is 0 Å². The van der Waals surface area contributed by atoms with Crippen LogP contribution in [0.1, 0.15) is 43.9 Å². The molecule has 0 saturated carbocycles. The molecule has 1 spiro atoms. The van der Waals surface area contributed by atoms with Crippen molar-refractivity contribution in [3.05, 3.63) is 65.7 Å². The Labute approximate surface area is 168 Å². The third-order valence-electron chi connectivity index (χ3n) is 6.42. The fourth-order valence-corrected chi connectivity index (χ4v) is 4.97. The van der Waals surface area contributed by atoms with Gasteiger partial charge in [-0.25, -0.2) is 0 Å². The van der Waals surface area contributed by atoms with E-state index in [-0.39, 0.29) is 17.5 Å². The monoisotopic (exact) mass is 378 g/mol. The average molecular weight is 379 g/mol. The fraction of sp³-hybridized carbons (Fsp3) is 0.458. The second-order valence-electron chi connectivity index (χ2n) is 8.40. The Balaban J connectivity index is 1.49. The van der Waals surface area contributed by atoms with E-state index in [9.17, 15) is 4.79 Å². The molecule has 2 heterocycles. The lowest BCUT2D eigenvalue weighted by atomic mass is 9.61. The minimum atomic E-state index is -0.226. The Hall–Kier alpha value is -2.33. The summed E-state index contributed by atoms with van der Waals surface area (Å²) in [6.45, 7) is 7.07. The van der Waals surface area contributed by atoms with Gasteiger partial charge < -0.3 is 9.64 Å². The van der Waals surface area contributed by atoms with Crippen LogP contribution in [0.3, 0.4) is 0 Å². The van der Waals surface area contributed by atoms with Crippen molar-refractivity contribution >= 4 is 5.91 Å². The van der Waals surface area contributed by atoms with Crippen LogP contribution in [0.15, 0.2) is 54.6 Å². The van der Waals surface area contributed by atoms with Gasteiger partial charge in [0.2, 0.25) is 5.91 Å². The molecule has 2 saturated heterocycles. The van der Waals surface area contributed by atoms with Gasteiger partial charge in [0.25, 0.3) is 0 Å². The first-order valence-electron chi connectivity index (χ1n) is 10.3. The Morgan fingerprint density at radius 1 is 1.07 bits per heavy atom. The van der Waals surface area contributed by atoms with Gasteiger partial charge in [0.15, 0.2) is 0 Å². The van der Waals surface area contributed by atoms with E-state index < -0.39 is 0 Å². The van der Waals surface area contributed by atoms with Gasteiger partial charge in [-0.1, -0.05) is 42.5 Å². The van der Waals surface area contributed by atoms with Crippen molar-refractivity contribution in [3.63, 3.8) is 0 Å². The maximum absolute atomic E-state index is 13.2. The summed E-state index contributed by atoms with van der Waals surface area (Å²) in [7, 11) is 1.70. The molecular weight excluding hydrogens is 348 g/mol. The molecule has 2 aromatic carbocycles. The van der Waals surface area contributed by atoms with Gasteiger partial charge in [-0.2, -0.15) is 0 Å². The van der Waals surface area contributed by atoms with Crippen molar-refractivity contribution in [1.82, 2.24) is 9.80 Å². The molecule has 0 radical (unpaired) electrons. The number of carbonyl (C=O) groups is 1. The summed E-state index contributed by atoms with van der Waals surface area (Å²) >= 11 is 0. The van der Waals surface area contributed by atoms with E-state index in [2.05, 4.69) is 60.0 Å². The predicted octanol–water partition coefficient (Wildman–Crippen LogP) is 4.27. The Bertz CT molecular complexity index is 826. The Kier molecular flexibility index (Phi) is 5.15. The van der Waals surface area contributed by atoms with Gasteiger partial charge in [-0.05, 0) is 63.0 Å². The Morgan fingerprint density at radius 3 is 2.43 bits per heavy atom. The molecule has 4 rings (SSSR count). The van der Waals surface area contributed by atoms with Gasteiger partial charge >= 0.3 is 0 Å². The van der Waals surface area contributed by atoms with Crippen molar-refractivity contribution in [2.45, 2.75) is 45.3 Å². The average Bonchev–Trinajstić information content (AvgIpc) is 2.72. The topological polar surface area (TPSA) is 32.8 Å². The van der Waals surface area contributed by atoms with Crippen LogP contribution in [-0.4, -0.2) is 41.9 Å². The molecule has 2 aliphatic rings. The number of hydrogen-bond donors (Lipinski definition) is 0. The molecule has 1 atom stereocenters. The lowest BCUT2D eigenvalue weighted by Crippen LogP contribution is -2.67. The number of likely N-dealkylation sites (tertiary alicyclic amines) is 2. The highest BCUT2D eigenvalue weighted by molar-refractivity contribution is 5.91. The molecule has 0 aliphatic carbocycles. The number of piperidine rings is 1. The molecule has 4 heteroatoms. The van der Waals surface area contributed by atoms with Gasteiger partial charge in [0.1, 0.15) is 5.75 Å². The van der Waals surface area contributed by atoms with E-state index in [0.29, 0.717) is 5.91 Å². The standard InChI is InChI=1S/C24H30N2O2/c1-18(2)26-22(20-9-5-4-6-10-20)24(23(26)27)12-14-25(15-13-24)17-19-8-7-11-21(16-19)28-3/h4-11,16,18,22H,12-15,17H2,1-3H3. The number of methoxy groups -OCH3 is 1. The van der Waals surface area contributed by atoms with E-state index in [1.54, 1.807) is 7.11 Å². The van der Waals surface area contributed by atoms with Crippen LogP contribution >= 0.6 is 0 Å². The molecule has 2 aliphatic heterocycles. The summed E-state index contributed by atoms with van der Waals surface area (Å²) in [4.78, 5) is 17.8. The zero-order valence-corrected chi connectivity index (χ0v) is 17.1. The number of nitrogens with zero attached hydrogens (tertiary/aromatic N) is 2. The number of β-lactam (4-membered cyclic amide) rings is 1. The lowest BCUT2D eigenvalue weighted by Gasteiger charge is -2.60. The third kappa shape index (κ3) is 3.20. The fourth-order valence-electron chi connectivity index (χ4n) is 4.97. The largest absolute Gasteiger partial charge is 0.497 e. The number of benzene rings is 2. The normalized spacial score (nSPS) is 21.8. The number of carbonyl (C=O) groups excluding carboxylic acids is 1. The summed E-state index contributed by atoms with van der Waals surface area (Å²) in [5.74, 6) is 1.24. The maximum atomic E-state index is 13.2. The predicted molar refractivity (Wildman–Crippen MR) is 111 cm³/mol. The SMILES string of the molecule is COc1cccc(CN2CCC3(CC2)C(=O)N(C(C)C)C3c2ccccc2)c1. The van der Waals surface area contributed by atoms with E-state index in [4.69, 9.17) is 4.74 Å². The first-order chi connectivity index (χ1) is 13.5. The first-order valence-corrected chi connectivity index (χ1v) is 10.3. The first kappa shape index (κ1) is 19.0. The van der Waals surface area contributed by atoms with Crippen LogP contribution in [0.2, 0.25) is 0 Å². The van der Waals surface area contributed by atoms with Gasteiger partial charge in [0, 0.05) is 12.6 Å². The quantitative estimate of drug-likeness (QED) is 0.729. The van der Waals surface area contributed by atoms with Crippen molar-refractivity contribution < 1.29 is 9.53 Å². The molecule has 1 amide bonds. The molecule has 1 unspecified atom stereocenters. The summed E-state index contributed by atoms with van der Waals surface area (Å²) in [6, 6.07) is 19.3. The zero-order valence-electron chi connectivity index (χ0n) is 17.1. The molecule has 0 aromatic heterocycles. The van der Waals surface area contributed by atoms with Gasteiger partial charge in [-0.3, -0.25) is 9.69 Å². The highest BCUT2D eigenvalue weighted by atomic mass is 16.5. The summed E-state index contributed by atoms with van der Waals surface area (Å²) in [5.41, 5.74) is 2.31. The second-order valence-corrected chi connectivity index (χ2v) is 8.40. The molecule has 148 valence electrons. The zero-order chi connectivity index (χ0) is 19.7. The lowest BCUT2D eigenvalue weighted by molar-refractivity contribution is -0.185. The van der Waals surface area contributed by atoms with Gasteiger partial charge in [0.05, 0.1) is 18.6 Å². The van der Waals surface area contributed by atoms with Crippen molar-refractivity contribution in [2.75, 3.05) is 20.2 Å². The van der Waals surface area contributed by atoms with Crippen LogP contribution < -0.4 is 4.74 Å². The van der Waals surface area contributed by atoms with Crippen LogP contribution in [0.5, 0.6) is 5.75 Å². The summed E-state index contributed by atoms with van der Waals surface area (Å²) in [5, 5.41) is 0. The van der Waals surface area contributed by atoms with Crippen molar-refractivity contribution in [3.8, 4) is 5.75 Å². The minimum absolute atomic E-state index is 0.208. The van der Waals surface area contributed by atoms with E-state index in [1.165, 1.54) is 11.1 Å². The Morgan fingerprint density at radius 2 is 1.79 bits per heavy atom. The van der Waals surface area contributed by atoms with Crippen LogP contribution in [0.25, 0.3) is 0 Å². The van der Waals surface area contributed by atoms with E-state index >= 15 is 0 Å². The highest BCUT2D eigenvalue weighted by Crippen LogP contribution is 2.56. The van der Waals surface area contributed by atoms with Crippen molar-refractivity contribution in [2.24, 2.45) is 5.41 Å². The molecular formula is C24H30N2O2. The molecule has 28 heavy (non-hydrogen) atoms. The third-order valence-corrected chi connectivity index (χ3v) is 6.42. The number of amides is 1. The highest BCUT2D eigenvalue weighted by Gasteiger charge is 2.61. The minimum Gasteiger partial charge on any atom is -0.497 e. The maximum Gasteiger partial charge on any atom is 0.232 e. The van der Waals surface area contributed by atoms with Crippen LogP contribution in [0, 0.1) is 5.41 Å². The van der Waals surface area contributed by atoms with Crippen LogP contribution in [-0.2, 0) is 11.3 Å². The molecule has 2 aromatic rings. The van der Waals surface area contributed by atoms with E-state index in [1.807, 2.05) is 18.2 Å². The smallest absolute Gasteiger partial charge is 0.232 e. The number of ether oxygens (including phenoxy) is 1. The summed E-state index contributed by atoms with van der Waals surface area (Å²) < 4.78 is 5.35. The number of hydrogen-bond acceptors (Lipinski definition) is 3.